The molecule has 1 N–H and O–H groups in total. The molecule has 5 nitrogen and oxygen atoms in total. The summed E-state index contributed by atoms with van der Waals surface area (Å²) < 4.78 is 0. The monoisotopic (exact) mass is 420 g/mol. The third-order valence-electron chi connectivity index (χ3n) is 5.79. The number of para-hydroxylation sites is 1. The summed E-state index contributed by atoms with van der Waals surface area (Å²) in [7, 11) is 0. The van der Waals surface area contributed by atoms with E-state index in [0.717, 1.165) is 30.4 Å². The number of carbonyl (C=O) groups excluding carboxylic acids is 3. The summed E-state index contributed by atoms with van der Waals surface area (Å²) in [5.74, 6) is -0.819. The fourth-order valence-corrected chi connectivity index (χ4v) is 4.12. The Hall–Kier alpha value is -2.95. The Morgan fingerprint density at radius 3 is 2.10 bits per heavy atom. The number of fused-ring (bicyclic) bond motifs is 1. The molecular weight excluding hydrogens is 388 g/mol. The molecule has 2 aromatic rings. The van der Waals surface area contributed by atoms with Crippen molar-refractivity contribution in [2.45, 2.75) is 65.7 Å². The summed E-state index contributed by atoms with van der Waals surface area (Å²) in [6, 6.07) is 10.8. The first kappa shape index (κ1) is 22.7. The van der Waals surface area contributed by atoms with E-state index in [4.69, 9.17) is 0 Å². The topological polar surface area (TPSA) is 66.5 Å². The first-order chi connectivity index (χ1) is 14.8. The summed E-state index contributed by atoms with van der Waals surface area (Å²) in [5, 5.41) is 2.89. The first-order valence-electron chi connectivity index (χ1n) is 11.2. The van der Waals surface area contributed by atoms with Gasteiger partial charge in [-0.25, -0.2) is 4.90 Å². The molecule has 0 saturated carbocycles. The second-order valence-electron chi connectivity index (χ2n) is 8.73. The average molecular weight is 421 g/mol. The highest BCUT2D eigenvalue weighted by molar-refractivity contribution is 6.36. The number of hydrogen-bond donors (Lipinski definition) is 1. The normalized spacial score (nSPS) is 13.3. The average Bonchev–Trinajstić information content (AvgIpc) is 3.00. The zero-order chi connectivity index (χ0) is 22.7. The minimum atomic E-state index is -0.422. The lowest BCUT2D eigenvalue weighted by Crippen LogP contribution is -2.32. The lowest BCUT2D eigenvalue weighted by molar-refractivity contribution is 0.0910. The fourth-order valence-electron chi connectivity index (χ4n) is 4.12. The number of amides is 3. The molecule has 2 aromatic carbocycles. The van der Waals surface area contributed by atoms with Gasteiger partial charge in [0.15, 0.2) is 0 Å². The van der Waals surface area contributed by atoms with E-state index in [1.165, 1.54) is 4.90 Å². The van der Waals surface area contributed by atoms with Gasteiger partial charge in [0.05, 0.1) is 22.4 Å². The summed E-state index contributed by atoms with van der Waals surface area (Å²) in [4.78, 5) is 41.1. The van der Waals surface area contributed by atoms with Crippen molar-refractivity contribution in [2.24, 2.45) is 0 Å². The van der Waals surface area contributed by atoms with E-state index in [-0.39, 0.29) is 34.8 Å². The van der Waals surface area contributed by atoms with Gasteiger partial charge < -0.3 is 5.32 Å². The van der Waals surface area contributed by atoms with Gasteiger partial charge in [-0.3, -0.25) is 14.4 Å². The smallest absolute Gasteiger partial charge is 0.266 e. The number of rotatable bonds is 8. The summed E-state index contributed by atoms with van der Waals surface area (Å²) in [5.41, 5.74) is 3.32. The van der Waals surface area contributed by atoms with Crippen LogP contribution in [0.15, 0.2) is 36.4 Å². The van der Waals surface area contributed by atoms with Crippen LogP contribution in [0.1, 0.15) is 108 Å². The molecule has 0 fully saturated rings. The molecule has 164 valence electrons. The van der Waals surface area contributed by atoms with E-state index in [0.29, 0.717) is 17.8 Å². The highest BCUT2D eigenvalue weighted by atomic mass is 16.2. The molecule has 1 heterocycles. The van der Waals surface area contributed by atoms with Gasteiger partial charge in [0.2, 0.25) is 0 Å². The Kier molecular flexibility index (Phi) is 6.94. The second kappa shape index (κ2) is 9.46. The largest absolute Gasteiger partial charge is 0.352 e. The molecule has 31 heavy (non-hydrogen) atoms. The molecule has 1 aliphatic heterocycles. The van der Waals surface area contributed by atoms with Gasteiger partial charge >= 0.3 is 0 Å². The molecule has 0 spiro atoms. The fraction of sp³-hybridized carbons (Fsp3) is 0.423. The summed E-state index contributed by atoms with van der Waals surface area (Å²) >= 11 is 0. The van der Waals surface area contributed by atoms with E-state index in [2.05, 4.69) is 39.9 Å². The maximum absolute atomic E-state index is 13.6. The molecule has 0 unspecified atom stereocenters. The van der Waals surface area contributed by atoms with Crippen LogP contribution in [0.4, 0.5) is 5.69 Å². The van der Waals surface area contributed by atoms with Gasteiger partial charge in [0.1, 0.15) is 0 Å². The number of imide groups is 1. The molecule has 0 aromatic heterocycles. The molecule has 0 aliphatic carbocycles. The van der Waals surface area contributed by atoms with E-state index in [1.807, 2.05) is 18.2 Å². The van der Waals surface area contributed by atoms with Crippen molar-refractivity contribution in [1.29, 1.82) is 0 Å². The maximum atomic E-state index is 13.6. The third-order valence-corrected chi connectivity index (χ3v) is 5.79. The van der Waals surface area contributed by atoms with Crippen LogP contribution >= 0.6 is 0 Å². The van der Waals surface area contributed by atoms with Crippen molar-refractivity contribution in [3.05, 3.63) is 64.2 Å². The standard InChI is InChI=1S/C26H32N2O3/c1-6-7-8-15-27-24(29)20-13-10-14-21-22(20)26(31)28(25(21)30)23-18(16(2)3)11-9-12-19(23)17(4)5/h9-14,16-17H,6-8,15H2,1-5H3,(H,27,29). The molecule has 0 atom stereocenters. The predicted octanol–water partition coefficient (Wildman–Crippen LogP) is 5.65. The Bertz CT molecular complexity index is 981. The Labute approximate surface area is 184 Å². The van der Waals surface area contributed by atoms with Crippen LogP contribution < -0.4 is 10.2 Å². The summed E-state index contributed by atoms with van der Waals surface area (Å²) in [6.45, 7) is 10.9. The van der Waals surface area contributed by atoms with Crippen LogP contribution in [0.5, 0.6) is 0 Å². The molecule has 5 heteroatoms. The number of nitrogens with one attached hydrogen (secondary N) is 1. The number of carbonyl (C=O) groups is 3. The zero-order valence-electron chi connectivity index (χ0n) is 19.1. The van der Waals surface area contributed by atoms with Gasteiger partial charge in [0.25, 0.3) is 17.7 Å². The van der Waals surface area contributed by atoms with Crippen LogP contribution in [-0.4, -0.2) is 24.3 Å². The van der Waals surface area contributed by atoms with Crippen LogP contribution in [0.3, 0.4) is 0 Å². The van der Waals surface area contributed by atoms with Gasteiger partial charge in [0, 0.05) is 6.54 Å². The molecule has 1 aliphatic rings. The minimum Gasteiger partial charge on any atom is -0.352 e. The van der Waals surface area contributed by atoms with E-state index in [9.17, 15) is 14.4 Å². The lowest BCUT2D eigenvalue weighted by atomic mass is 9.92. The van der Waals surface area contributed by atoms with E-state index >= 15 is 0 Å². The number of hydrogen-bond acceptors (Lipinski definition) is 3. The van der Waals surface area contributed by atoms with Crippen LogP contribution in [0, 0.1) is 0 Å². The van der Waals surface area contributed by atoms with Crippen LogP contribution in [0.2, 0.25) is 0 Å². The zero-order valence-corrected chi connectivity index (χ0v) is 19.1. The Morgan fingerprint density at radius 2 is 1.52 bits per heavy atom. The molecule has 3 rings (SSSR count). The van der Waals surface area contributed by atoms with Gasteiger partial charge in [-0.2, -0.15) is 0 Å². The Balaban J connectivity index is 2.05. The van der Waals surface area contributed by atoms with Crippen molar-refractivity contribution in [3.63, 3.8) is 0 Å². The predicted molar refractivity (Wildman–Crippen MR) is 124 cm³/mol. The van der Waals surface area contributed by atoms with E-state index in [1.54, 1.807) is 18.2 Å². The van der Waals surface area contributed by atoms with Crippen molar-refractivity contribution < 1.29 is 14.4 Å². The molecule has 3 amide bonds. The van der Waals surface area contributed by atoms with Gasteiger partial charge in [-0.15, -0.1) is 0 Å². The molecular formula is C26H32N2O3. The highest BCUT2D eigenvalue weighted by Crippen LogP contribution is 2.40. The van der Waals surface area contributed by atoms with Crippen molar-refractivity contribution in [3.8, 4) is 0 Å². The molecule has 0 radical (unpaired) electrons. The first-order valence-corrected chi connectivity index (χ1v) is 11.2. The van der Waals surface area contributed by atoms with Crippen LogP contribution in [0.25, 0.3) is 0 Å². The van der Waals surface area contributed by atoms with Crippen LogP contribution in [-0.2, 0) is 0 Å². The molecule has 0 bridgehead atoms. The number of anilines is 1. The van der Waals surface area contributed by atoms with Crippen molar-refractivity contribution in [1.82, 2.24) is 5.32 Å². The second-order valence-corrected chi connectivity index (χ2v) is 8.73. The number of benzene rings is 2. The maximum Gasteiger partial charge on any atom is 0.266 e. The highest BCUT2D eigenvalue weighted by Gasteiger charge is 2.41. The molecule has 0 saturated heterocycles. The lowest BCUT2D eigenvalue weighted by Gasteiger charge is -2.25. The van der Waals surface area contributed by atoms with E-state index < -0.39 is 5.91 Å². The van der Waals surface area contributed by atoms with Gasteiger partial charge in [-0.05, 0) is 41.5 Å². The third kappa shape index (κ3) is 4.27. The quantitative estimate of drug-likeness (QED) is 0.443. The Morgan fingerprint density at radius 1 is 0.903 bits per heavy atom. The number of unbranched alkanes of at least 4 members (excludes halogenated alkanes) is 2. The van der Waals surface area contributed by atoms with Crippen molar-refractivity contribution >= 4 is 23.4 Å². The minimum absolute atomic E-state index is 0.138. The SMILES string of the molecule is CCCCCNC(=O)c1cccc2c1C(=O)N(c1c(C(C)C)cccc1C(C)C)C2=O. The van der Waals surface area contributed by atoms with Crippen molar-refractivity contribution in [2.75, 3.05) is 11.4 Å². The summed E-state index contributed by atoms with van der Waals surface area (Å²) in [6.07, 6.45) is 2.98. The van der Waals surface area contributed by atoms with Gasteiger partial charge in [-0.1, -0.05) is 71.7 Å². The number of nitrogens with zero attached hydrogens (tertiary/aromatic N) is 1.